The Kier molecular flexibility index (Phi) is 14.7. The number of esters is 1. The molecule has 0 radical (unpaired) electrons. The highest BCUT2D eigenvalue weighted by Gasteiger charge is 2.39. The van der Waals surface area contributed by atoms with Crippen LogP contribution in [0.3, 0.4) is 0 Å². The molecule has 11 nitrogen and oxygen atoms in total. The van der Waals surface area contributed by atoms with Gasteiger partial charge in [-0.05, 0) is 43.4 Å². The second-order valence-electron chi connectivity index (χ2n) is 8.82. The quantitative estimate of drug-likeness (QED) is 0.0805. The van der Waals surface area contributed by atoms with Crippen LogP contribution in [0.5, 0.6) is 5.75 Å². The fraction of sp³-hybridized carbons (Fsp3) is 0.577. The van der Waals surface area contributed by atoms with Gasteiger partial charge in [-0.3, -0.25) is 4.79 Å². The molecule has 38 heavy (non-hydrogen) atoms. The summed E-state index contributed by atoms with van der Waals surface area (Å²) < 4.78 is 15.6. The predicted molar refractivity (Wildman–Crippen MR) is 138 cm³/mol. The molecule has 12 heteroatoms. The number of carbonyl (C=O) groups is 1. The van der Waals surface area contributed by atoms with E-state index in [1.54, 1.807) is 36.4 Å². The molecule has 1 aromatic carbocycles. The molecule has 0 saturated heterocycles. The summed E-state index contributed by atoms with van der Waals surface area (Å²) >= 11 is 5.92. The Morgan fingerprint density at radius 3 is 2.74 bits per heavy atom. The third-order valence-corrected chi connectivity index (χ3v) is 6.17. The highest BCUT2D eigenvalue weighted by molar-refractivity contribution is 6.30. The van der Waals surface area contributed by atoms with Crippen LogP contribution in [0.15, 0.2) is 48.6 Å². The Morgan fingerprint density at radius 2 is 1.97 bits per heavy atom. The van der Waals surface area contributed by atoms with Gasteiger partial charge in [0.05, 0.1) is 25.4 Å². The van der Waals surface area contributed by atoms with Crippen LogP contribution in [0, 0.1) is 22.0 Å². The molecule has 3 N–H and O–H groups in total. The van der Waals surface area contributed by atoms with E-state index in [0.717, 1.165) is 0 Å². The number of hydrogen-bond donors (Lipinski definition) is 3. The zero-order chi connectivity index (χ0) is 27.8. The van der Waals surface area contributed by atoms with Gasteiger partial charge >= 0.3 is 5.97 Å². The van der Waals surface area contributed by atoms with Crippen molar-refractivity contribution in [1.82, 2.24) is 0 Å². The minimum absolute atomic E-state index is 0.0289. The zero-order valence-corrected chi connectivity index (χ0v) is 21.9. The number of nitrogens with zero attached hydrogens (tertiary/aromatic N) is 1. The number of aliphatic hydroxyl groups is 3. The van der Waals surface area contributed by atoms with E-state index in [9.17, 15) is 30.2 Å². The molecule has 2 rings (SSSR count). The molecule has 1 saturated carbocycles. The number of halogens is 1. The van der Waals surface area contributed by atoms with Crippen LogP contribution in [-0.2, 0) is 19.1 Å². The van der Waals surface area contributed by atoms with E-state index in [0.29, 0.717) is 30.0 Å². The van der Waals surface area contributed by atoms with Crippen molar-refractivity contribution in [2.45, 2.75) is 50.4 Å². The van der Waals surface area contributed by atoms with Crippen molar-refractivity contribution in [1.29, 1.82) is 0 Å². The Balaban J connectivity index is 1.63. The lowest BCUT2D eigenvalue weighted by Crippen LogP contribution is -2.21. The number of aliphatic hydroxyl groups excluding tert-OH is 3. The molecule has 0 heterocycles. The number of benzene rings is 1. The molecule has 1 aromatic rings. The summed E-state index contributed by atoms with van der Waals surface area (Å²) in [7, 11) is 0. The van der Waals surface area contributed by atoms with E-state index in [-0.39, 0.29) is 63.7 Å². The van der Waals surface area contributed by atoms with E-state index in [1.807, 2.05) is 12.2 Å². The maximum atomic E-state index is 11.7. The van der Waals surface area contributed by atoms with Crippen molar-refractivity contribution in [2.75, 3.05) is 33.0 Å². The summed E-state index contributed by atoms with van der Waals surface area (Å²) in [6.45, 7) is 0.0743. The normalized spacial score (nSPS) is 22.1. The first-order valence-electron chi connectivity index (χ1n) is 12.5. The Morgan fingerprint density at radius 1 is 1.18 bits per heavy atom. The lowest BCUT2D eigenvalue weighted by Gasteiger charge is -2.19. The molecule has 1 aliphatic rings. The topological polar surface area (TPSA) is 158 Å². The molecule has 0 unspecified atom stereocenters. The summed E-state index contributed by atoms with van der Waals surface area (Å²) in [6.07, 6.45) is 7.20. The smallest absolute Gasteiger partial charge is 0.305 e. The van der Waals surface area contributed by atoms with E-state index in [4.69, 9.17) is 25.8 Å². The monoisotopic (exact) mass is 557 g/mol. The van der Waals surface area contributed by atoms with Crippen molar-refractivity contribution in [3.63, 3.8) is 0 Å². The molecule has 0 aliphatic heterocycles. The Labute approximate surface area is 226 Å². The molecular formula is C26H36ClNO10. The molecule has 5 atom stereocenters. The van der Waals surface area contributed by atoms with E-state index in [1.165, 1.54) is 0 Å². The van der Waals surface area contributed by atoms with Crippen molar-refractivity contribution in [3.8, 4) is 5.75 Å². The molecule has 0 bridgehead atoms. The van der Waals surface area contributed by atoms with Crippen LogP contribution in [0.2, 0.25) is 5.02 Å². The fourth-order valence-corrected chi connectivity index (χ4v) is 4.23. The summed E-state index contributed by atoms with van der Waals surface area (Å²) in [6, 6.07) is 6.87. The van der Waals surface area contributed by atoms with Crippen LogP contribution in [0.25, 0.3) is 0 Å². The van der Waals surface area contributed by atoms with Gasteiger partial charge in [0.1, 0.15) is 31.7 Å². The van der Waals surface area contributed by atoms with Gasteiger partial charge in [0, 0.05) is 23.8 Å². The van der Waals surface area contributed by atoms with Crippen LogP contribution in [0.4, 0.5) is 0 Å². The third-order valence-electron chi connectivity index (χ3n) is 5.93. The van der Waals surface area contributed by atoms with Gasteiger partial charge in [-0.2, -0.15) is 0 Å². The fourth-order valence-electron chi connectivity index (χ4n) is 4.05. The molecule has 1 fully saturated rings. The van der Waals surface area contributed by atoms with Gasteiger partial charge in [0.2, 0.25) is 0 Å². The van der Waals surface area contributed by atoms with Crippen LogP contribution in [0.1, 0.15) is 32.1 Å². The first-order chi connectivity index (χ1) is 18.3. The average Bonchev–Trinajstić information content (AvgIpc) is 3.14. The molecule has 0 amide bonds. The van der Waals surface area contributed by atoms with Gasteiger partial charge in [-0.15, -0.1) is 10.1 Å². The highest BCUT2D eigenvalue weighted by Crippen LogP contribution is 2.36. The highest BCUT2D eigenvalue weighted by atomic mass is 35.5. The third kappa shape index (κ3) is 12.7. The van der Waals surface area contributed by atoms with Gasteiger partial charge in [0.25, 0.3) is 5.09 Å². The maximum Gasteiger partial charge on any atom is 0.305 e. The summed E-state index contributed by atoms with van der Waals surface area (Å²) in [5.74, 6) is -0.316. The van der Waals surface area contributed by atoms with Crippen molar-refractivity contribution >= 4 is 17.6 Å². The molecule has 212 valence electrons. The zero-order valence-electron chi connectivity index (χ0n) is 21.1. The number of ether oxygens (including phenoxy) is 3. The van der Waals surface area contributed by atoms with Gasteiger partial charge in [-0.1, -0.05) is 42.0 Å². The van der Waals surface area contributed by atoms with E-state index < -0.39 is 23.4 Å². The van der Waals surface area contributed by atoms with Gasteiger partial charge < -0.3 is 34.4 Å². The Bertz CT molecular complexity index is 912. The maximum absolute atomic E-state index is 11.7. The second kappa shape index (κ2) is 17.7. The number of rotatable bonds is 18. The average molecular weight is 558 g/mol. The lowest BCUT2D eigenvalue weighted by atomic mass is 9.89. The van der Waals surface area contributed by atoms with Gasteiger partial charge in [-0.25, -0.2) is 0 Å². The number of carbonyl (C=O) groups excluding carboxylic acids is 1. The van der Waals surface area contributed by atoms with Crippen molar-refractivity contribution < 1.29 is 44.2 Å². The minimum atomic E-state index is -0.903. The minimum Gasteiger partial charge on any atom is -0.491 e. The SMILES string of the molecule is O=C(CCCC=CC[C@@H]1[C@@H](C=C[C@@H](O)COc2cccc(Cl)c2)[C@H](O)C[C@@H]1O)OCCOCCO[N+](=O)[O-]. The predicted octanol–water partition coefficient (Wildman–Crippen LogP) is 2.88. The molecule has 0 spiro atoms. The van der Waals surface area contributed by atoms with Crippen LogP contribution >= 0.6 is 11.6 Å². The summed E-state index contributed by atoms with van der Waals surface area (Å²) in [5.41, 5.74) is 0. The molecule has 0 aromatic heterocycles. The number of unbranched alkanes of at least 4 members (excludes halogenated alkanes) is 1. The summed E-state index contributed by atoms with van der Waals surface area (Å²) in [4.78, 5) is 25.8. The van der Waals surface area contributed by atoms with Crippen LogP contribution < -0.4 is 4.74 Å². The number of allylic oxidation sites excluding steroid dienone is 2. The standard InChI is InChI=1S/C26H36ClNO10/c27-19-6-5-7-21(16-19)37-18-20(29)10-11-23-22(24(30)17-25(23)31)8-3-1-2-4-9-26(32)36-14-12-35-13-15-38-28(33)34/h1,3,5-7,10-11,16,20,22-25,29-31H,2,4,8-9,12-15,17-18H2/t20-,22-,23-,24+,25-/m1/s1. The lowest BCUT2D eigenvalue weighted by molar-refractivity contribution is -0.758. The summed E-state index contributed by atoms with van der Waals surface area (Å²) in [5, 5.41) is 40.6. The Hall–Kier alpha value is -2.70. The first kappa shape index (κ1) is 31.5. The van der Waals surface area contributed by atoms with Crippen LogP contribution in [-0.4, -0.2) is 77.7 Å². The van der Waals surface area contributed by atoms with Gasteiger partial charge in [0.15, 0.2) is 0 Å². The van der Waals surface area contributed by atoms with E-state index >= 15 is 0 Å². The second-order valence-corrected chi connectivity index (χ2v) is 9.26. The molecule has 1 aliphatic carbocycles. The van der Waals surface area contributed by atoms with Crippen molar-refractivity contribution in [2.24, 2.45) is 11.8 Å². The largest absolute Gasteiger partial charge is 0.491 e. The van der Waals surface area contributed by atoms with Crippen molar-refractivity contribution in [3.05, 3.63) is 63.7 Å². The first-order valence-corrected chi connectivity index (χ1v) is 12.9. The number of hydrogen-bond acceptors (Lipinski definition) is 10. The van der Waals surface area contributed by atoms with E-state index in [2.05, 4.69) is 4.84 Å². The molecular weight excluding hydrogens is 522 g/mol.